The van der Waals surface area contributed by atoms with E-state index in [4.69, 9.17) is 5.73 Å². The van der Waals surface area contributed by atoms with Gasteiger partial charge in [0.15, 0.2) is 0 Å². The smallest absolute Gasteiger partial charge is 0.267 e. The lowest BCUT2D eigenvalue weighted by molar-refractivity contribution is -0.125. The van der Waals surface area contributed by atoms with Crippen molar-refractivity contribution in [2.75, 3.05) is 5.06 Å². The van der Waals surface area contributed by atoms with Crippen molar-refractivity contribution in [3.8, 4) is 11.1 Å². The zero-order chi connectivity index (χ0) is 13.4. The average molecular weight is 254 g/mol. The van der Waals surface area contributed by atoms with Crippen molar-refractivity contribution in [1.82, 2.24) is 0 Å². The molecule has 0 unspecified atom stereocenters. The number of hydrogen-bond donors (Lipinski definition) is 2. The van der Waals surface area contributed by atoms with E-state index in [0.29, 0.717) is 17.2 Å². The van der Waals surface area contributed by atoms with Gasteiger partial charge in [0.1, 0.15) is 0 Å². The first-order chi connectivity index (χ1) is 9.18. The summed E-state index contributed by atoms with van der Waals surface area (Å²) in [7, 11) is 0. The van der Waals surface area contributed by atoms with Crippen molar-refractivity contribution in [1.29, 1.82) is 0 Å². The highest BCUT2D eigenvalue weighted by molar-refractivity contribution is 6.02. The van der Waals surface area contributed by atoms with E-state index >= 15 is 0 Å². The Labute approximate surface area is 111 Å². The summed E-state index contributed by atoms with van der Waals surface area (Å²) in [5.74, 6) is -0.462. The number of nitrogens with zero attached hydrogens (tertiary/aromatic N) is 1. The first kappa shape index (κ1) is 11.9. The van der Waals surface area contributed by atoms with Gasteiger partial charge in [-0.3, -0.25) is 10.0 Å². The van der Waals surface area contributed by atoms with E-state index in [-0.39, 0.29) is 0 Å². The summed E-state index contributed by atoms with van der Waals surface area (Å²) in [6.07, 6.45) is 0.450. The second-order valence-corrected chi connectivity index (χ2v) is 4.64. The van der Waals surface area contributed by atoms with E-state index in [1.807, 2.05) is 48.5 Å². The third-order valence-electron chi connectivity index (χ3n) is 3.38. The van der Waals surface area contributed by atoms with Gasteiger partial charge in [-0.2, -0.15) is 5.06 Å². The van der Waals surface area contributed by atoms with Crippen molar-refractivity contribution in [2.45, 2.75) is 12.5 Å². The Kier molecular flexibility index (Phi) is 2.81. The van der Waals surface area contributed by atoms with Gasteiger partial charge in [-0.05, 0) is 17.5 Å². The molecule has 1 heterocycles. The van der Waals surface area contributed by atoms with E-state index in [2.05, 4.69) is 0 Å². The molecule has 0 spiro atoms. The molecule has 0 radical (unpaired) electrons. The van der Waals surface area contributed by atoms with Gasteiger partial charge in [0.25, 0.3) is 5.91 Å². The standard InChI is InChI=1S/C15H14N2O2/c16-13-9-11-7-4-8-12(10-5-2-1-3-6-10)14(11)17(19)15(13)18/h1-8,13,19H,9,16H2/t13-/m0/s1. The van der Waals surface area contributed by atoms with E-state index < -0.39 is 11.9 Å². The molecule has 0 aromatic heterocycles. The minimum Gasteiger partial charge on any atom is -0.320 e. The van der Waals surface area contributed by atoms with Gasteiger partial charge < -0.3 is 5.73 Å². The average Bonchev–Trinajstić information content (AvgIpc) is 2.45. The van der Waals surface area contributed by atoms with Crippen LogP contribution in [0.25, 0.3) is 11.1 Å². The van der Waals surface area contributed by atoms with Crippen molar-refractivity contribution in [2.24, 2.45) is 5.73 Å². The summed E-state index contributed by atoms with van der Waals surface area (Å²) < 4.78 is 0. The Morgan fingerprint density at radius 1 is 1.11 bits per heavy atom. The van der Waals surface area contributed by atoms with E-state index in [1.165, 1.54) is 0 Å². The largest absolute Gasteiger partial charge is 0.320 e. The number of anilines is 1. The number of amides is 1. The molecule has 1 aliphatic rings. The molecule has 3 rings (SSSR count). The molecule has 19 heavy (non-hydrogen) atoms. The first-order valence-corrected chi connectivity index (χ1v) is 6.14. The second-order valence-electron chi connectivity index (χ2n) is 4.64. The van der Waals surface area contributed by atoms with Crippen LogP contribution >= 0.6 is 0 Å². The van der Waals surface area contributed by atoms with Gasteiger partial charge in [-0.15, -0.1) is 0 Å². The summed E-state index contributed by atoms with van der Waals surface area (Å²) in [4.78, 5) is 11.8. The predicted octanol–water partition coefficient (Wildman–Crippen LogP) is 1.96. The van der Waals surface area contributed by atoms with Gasteiger partial charge in [-0.25, -0.2) is 0 Å². The topological polar surface area (TPSA) is 66.6 Å². The number of fused-ring (bicyclic) bond motifs is 1. The van der Waals surface area contributed by atoms with Crippen molar-refractivity contribution >= 4 is 11.6 Å². The van der Waals surface area contributed by atoms with E-state index in [0.717, 1.165) is 16.7 Å². The molecule has 0 saturated carbocycles. The zero-order valence-corrected chi connectivity index (χ0v) is 10.3. The molecule has 96 valence electrons. The number of para-hydroxylation sites is 1. The molecule has 4 heteroatoms. The number of benzene rings is 2. The normalized spacial score (nSPS) is 18.3. The van der Waals surface area contributed by atoms with Crippen LogP contribution in [0.3, 0.4) is 0 Å². The lowest BCUT2D eigenvalue weighted by Crippen LogP contribution is -2.47. The number of hydrogen-bond acceptors (Lipinski definition) is 3. The molecule has 2 aromatic rings. The van der Waals surface area contributed by atoms with E-state index in [1.54, 1.807) is 0 Å². The lowest BCUT2D eigenvalue weighted by Gasteiger charge is -2.29. The third kappa shape index (κ3) is 1.91. The van der Waals surface area contributed by atoms with Crippen LogP contribution in [0.15, 0.2) is 48.5 Å². The Bertz CT molecular complexity index is 625. The van der Waals surface area contributed by atoms with Crippen LogP contribution in [-0.2, 0) is 11.2 Å². The highest BCUT2D eigenvalue weighted by Crippen LogP contribution is 2.36. The van der Waals surface area contributed by atoms with Crippen LogP contribution in [0.5, 0.6) is 0 Å². The predicted molar refractivity (Wildman–Crippen MR) is 72.8 cm³/mol. The van der Waals surface area contributed by atoms with Crippen molar-refractivity contribution in [3.05, 3.63) is 54.1 Å². The molecular formula is C15H14N2O2. The maximum atomic E-state index is 11.8. The van der Waals surface area contributed by atoms with Crippen LogP contribution in [0.4, 0.5) is 5.69 Å². The third-order valence-corrected chi connectivity index (χ3v) is 3.38. The summed E-state index contributed by atoms with van der Waals surface area (Å²) in [5, 5.41) is 10.7. The SMILES string of the molecule is N[C@H]1Cc2cccc(-c3ccccc3)c2N(O)C1=O. The van der Waals surface area contributed by atoms with Gasteiger partial charge in [0, 0.05) is 5.56 Å². The Morgan fingerprint density at radius 3 is 2.58 bits per heavy atom. The molecule has 0 saturated heterocycles. The monoisotopic (exact) mass is 254 g/mol. The number of carbonyl (C=O) groups excluding carboxylic acids is 1. The molecule has 1 amide bonds. The summed E-state index contributed by atoms with van der Waals surface area (Å²) in [6.45, 7) is 0. The summed E-state index contributed by atoms with van der Waals surface area (Å²) >= 11 is 0. The van der Waals surface area contributed by atoms with Crippen LogP contribution in [0.1, 0.15) is 5.56 Å². The van der Waals surface area contributed by atoms with Crippen LogP contribution in [0.2, 0.25) is 0 Å². The quantitative estimate of drug-likeness (QED) is 0.764. The minimum absolute atomic E-state index is 0.450. The van der Waals surface area contributed by atoms with E-state index in [9.17, 15) is 10.0 Å². The number of nitrogens with two attached hydrogens (primary N) is 1. The zero-order valence-electron chi connectivity index (χ0n) is 10.3. The minimum atomic E-state index is -0.677. The highest BCUT2D eigenvalue weighted by atomic mass is 16.5. The van der Waals surface area contributed by atoms with Crippen LogP contribution in [0, 0.1) is 0 Å². The fraction of sp³-hybridized carbons (Fsp3) is 0.133. The van der Waals surface area contributed by atoms with Gasteiger partial charge in [-0.1, -0.05) is 48.5 Å². The fourth-order valence-electron chi connectivity index (χ4n) is 2.45. The lowest BCUT2D eigenvalue weighted by atomic mass is 9.93. The molecule has 0 aliphatic carbocycles. The number of hydroxylamine groups is 1. The maximum absolute atomic E-state index is 11.8. The van der Waals surface area contributed by atoms with Crippen molar-refractivity contribution in [3.63, 3.8) is 0 Å². The molecule has 3 N–H and O–H groups in total. The molecule has 0 bridgehead atoms. The second kappa shape index (κ2) is 4.50. The molecule has 0 fully saturated rings. The molecule has 2 aromatic carbocycles. The number of carbonyl (C=O) groups is 1. The van der Waals surface area contributed by atoms with Crippen LogP contribution in [-0.4, -0.2) is 17.2 Å². The van der Waals surface area contributed by atoms with Crippen molar-refractivity contribution < 1.29 is 10.0 Å². The Morgan fingerprint density at radius 2 is 1.84 bits per heavy atom. The molecule has 1 aliphatic heterocycles. The Balaban J connectivity index is 2.19. The summed E-state index contributed by atoms with van der Waals surface area (Å²) in [6, 6.07) is 14.7. The molecular weight excluding hydrogens is 240 g/mol. The fourth-order valence-corrected chi connectivity index (χ4v) is 2.45. The van der Waals surface area contributed by atoms with Gasteiger partial charge in [0.05, 0.1) is 11.7 Å². The summed E-state index contributed by atoms with van der Waals surface area (Å²) in [5.41, 5.74) is 8.94. The maximum Gasteiger partial charge on any atom is 0.267 e. The van der Waals surface area contributed by atoms with Gasteiger partial charge in [0.2, 0.25) is 0 Å². The Hall–Kier alpha value is -2.17. The first-order valence-electron chi connectivity index (χ1n) is 6.14. The number of rotatable bonds is 1. The van der Waals surface area contributed by atoms with Crippen LogP contribution < -0.4 is 10.8 Å². The molecule has 4 nitrogen and oxygen atoms in total. The highest BCUT2D eigenvalue weighted by Gasteiger charge is 2.31. The molecule has 1 atom stereocenters. The van der Waals surface area contributed by atoms with Gasteiger partial charge >= 0.3 is 0 Å².